The number of carbonyl (C=O) groups is 3. The summed E-state index contributed by atoms with van der Waals surface area (Å²) >= 11 is 0. The Morgan fingerprint density at radius 1 is 1.00 bits per heavy atom. The van der Waals surface area contributed by atoms with Crippen molar-refractivity contribution in [3.05, 3.63) is 81.1 Å². The number of aromatic amines is 1. The van der Waals surface area contributed by atoms with Crippen molar-refractivity contribution in [2.75, 3.05) is 14.2 Å². The number of ketones is 2. The lowest BCUT2D eigenvalue weighted by Gasteiger charge is -2.24. The molecule has 0 fully saturated rings. The van der Waals surface area contributed by atoms with E-state index in [4.69, 9.17) is 9.47 Å². The number of nitrogens with one attached hydrogen (secondary N) is 1. The van der Waals surface area contributed by atoms with Gasteiger partial charge in [0, 0.05) is 33.5 Å². The number of Topliss-reactive ketones (excluding diaryl/α,β-unsaturated/α-hetero) is 2. The first-order valence-electron chi connectivity index (χ1n) is 9.75. The zero-order chi connectivity index (χ0) is 23.0. The molecule has 0 aliphatic heterocycles. The molecule has 8 nitrogen and oxygen atoms in total. The summed E-state index contributed by atoms with van der Waals surface area (Å²) in [5.74, 6) is -3.60. The second kappa shape index (κ2) is 8.14. The molecule has 8 heteroatoms. The van der Waals surface area contributed by atoms with Gasteiger partial charge in [-0.15, -0.1) is 0 Å². The molecular weight excluding hydrogens is 414 g/mol. The number of esters is 1. The van der Waals surface area contributed by atoms with Crippen molar-refractivity contribution >= 4 is 34.2 Å². The van der Waals surface area contributed by atoms with Gasteiger partial charge in [0.25, 0.3) is 5.56 Å². The van der Waals surface area contributed by atoms with Gasteiger partial charge in [-0.2, -0.15) is 0 Å². The Morgan fingerprint density at radius 2 is 1.72 bits per heavy atom. The molecule has 3 aromatic rings. The highest BCUT2D eigenvalue weighted by Gasteiger charge is 2.39. The van der Waals surface area contributed by atoms with Crippen LogP contribution < -0.4 is 10.3 Å². The zero-order valence-corrected chi connectivity index (χ0v) is 17.3. The maximum absolute atomic E-state index is 13.0. The maximum atomic E-state index is 13.0. The van der Waals surface area contributed by atoms with Gasteiger partial charge in [0.05, 0.1) is 26.2 Å². The van der Waals surface area contributed by atoms with Crippen molar-refractivity contribution in [1.82, 2.24) is 4.98 Å². The number of rotatable bonds is 5. The molecule has 1 aliphatic carbocycles. The van der Waals surface area contributed by atoms with Crippen LogP contribution in [-0.2, 0) is 14.3 Å². The lowest BCUT2D eigenvalue weighted by Crippen LogP contribution is -2.30. The number of ether oxygens (including phenoxy) is 2. The fraction of sp³-hybridized carbons (Fsp3) is 0.167. The summed E-state index contributed by atoms with van der Waals surface area (Å²) < 4.78 is 9.98. The second-order valence-electron chi connectivity index (χ2n) is 7.31. The largest absolute Gasteiger partial charge is 0.507 e. The van der Waals surface area contributed by atoms with Crippen molar-refractivity contribution in [2.24, 2.45) is 0 Å². The molecule has 0 saturated carbocycles. The SMILES string of the molecule is COC(=O)C[C@H](C1=C(O)c2ccccc2C(=O)C1=O)c1cc2cc(OC)ccc2[nH]c1=O. The van der Waals surface area contributed by atoms with Crippen LogP contribution in [0.5, 0.6) is 5.75 Å². The van der Waals surface area contributed by atoms with Gasteiger partial charge in [0.15, 0.2) is 0 Å². The highest BCUT2D eigenvalue weighted by Crippen LogP contribution is 2.38. The van der Waals surface area contributed by atoms with Gasteiger partial charge in [0.1, 0.15) is 11.5 Å². The number of allylic oxidation sites excluding steroid dienone is 1. The third kappa shape index (κ3) is 3.45. The third-order valence-electron chi connectivity index (χ3n) is 5.54. The van der Waals surface area contributed by atoms with Crippen LogP contribution in [0.15, 0.2) is 58.9 Å². The summed E-state index contributed by atoms with van der Waals surface area (Å²) in [5, 5.41) is 11.5. The minimum absolute atomic E-state index is 0.0400. The Bertz CT molecular complexity index is 1370. The van der Waals surface area contributed by atoms with Gasteiger partial charge in [-0.05, 0) is 24.3 Å². The van der Waals surface area contributed by atoms with E-state index in [-0.39, 0.29) is 22.3 Å². The van der Waals surface area contributed by atoms with Crippen molar-refractivity contribution in [2.45, 2.75) is 12.3 Å². The summed E-state index contributed by atoms with van der Waals surface area (Å²) in [6.45, 7) is 0. The molecule has 0 unspecified atom stereocenters. The molecule has 2 aromatic carbocycles. The number of aliphatic hydroxyl groups is 1. The second-order valence-corrected chi connectivity index (χ2v) is 7.31. The molecule has 162 valence electrons. The van der Waals surface area contributed by atoms with Crippen molar-refractivity contribution in [3.8, 4) is 5.75 Å². The molecule has 0 radical (unpaired) electrons. The van der Waals surface area contributed by atoms with Gasteiger partial charge in [-0.3, -0.25) is 19.2 Å². The molecule has 1 aliphatic rings. The molecule has 0 spiro atoms. The Hall–Kier alpha value is -4.20. The predicted molar refractivity (Wildman–Crippen MR) is 116 cm³/mol. The molecule has 1 aromatic heterocycles. The Kier molecular flexibility index (Phi) is 5.36. The first kappa shape index (κ1) is 21.0. The van der Waals surface area contributed by atoms with E-state index in [1.54, 1.807) is 30.3 Å². The summed E-state index contributed by atoms with van der Waals surface area (Å²) in [6.07, 6.45) is -0.421. The first-order chi connectivity index (χ1) is 15.3. The van der Waals surface area contributed by atoms with Crippen LogP contribution in [-0.4, -0.2) is 41.8 Å². The van der Waals surface area contributed by atoms with Crippen LogP contribution in [0, 0.1) is 0 Å². The van der Waals surface area contributed by atoms with Crippen molar-refractivity contribution < 1.29 is 29.0 Å². The van der Waals surface area contributed by atoms with Crippen LogP contribution in [0.1, 0.15) is 33.8 Å². The number of benzene rings is 2. The van der Waals surface area contributed by atoms with Gasteiger partial charge in [-0.25, -0.2) is 0 Å². The highest BCUT2D eigenvalue weighted by molar-refractivity contribution is 6.52. The number of fused-ring (bicyclic) bond motifs is 2. The van der Waals surface area contributed by atoms with Crippen LogP contribution >= 0.6 is 0 Å². The Labute approximate surface area is 182 Å². The summed E-state index contributed by atoms with van der Waals surface area (Å²) in [6, 6.07) is 12.7. The number of aromatic nitrogens is 1. The monoisotopic (exact) mass is 433 g/mol. The minimum Gasteiger partial charge on any atom is -0.507 e. The molecule has 4 rings (SSSR count). The zero-order valence-electron chi connectivity index (χ0n) is 17.3. The molecule has 2 N–H and O–H groups in total. The summed E-state index contributed by atoms with van der Waals surface area (Å²) in [7, 11) is 2.67. The van der Waals surface area contributed by atoms with E-state index >= 15 is 0 Å². The molecule has 32 heavy (non-hydrogen) atoms. The number of aliphatic hydroxyl groups excluding tert-OH is 1. The van der Waals surface area contributed by atoms with E-state index in [1.807, 2.05) is 0 Å². The molecule has 0 amide bonds. The standard InChI is InChI=1S/C24H19NO7/c1-31-13-7-8-18-12(9-13)10-17(24(30)25-18)16(11-19(26)32-2)20-21(27)14-5-3-4-6-15(14)22(28)23(20)29/h3-10,16,27H,11H2,1-2H3,(H,25,30)/t16-/m0/s1. The maximum Gasteiger partial charge on any atom is 0.306 e. The topological polar surface area (TPSA) is 123 Å². The molecular formula is C24H19NO7. The van der Waals surface area contributed by atoms with Crippen LogP contribution in [0.25, 0.3) is 16.7 Å². The number of hydrogen-bond donors (Lipinski definition) is 2. The van der Waals surface area contributed by atoms with E-state index in [2.05, 4.69) is 4.98 Å². The average molecular weight is 433 g/mol. The molecule has 1 heterocycles. The molecule has 0 saturated heterocycles. The first-order valence-corrected chi connectivity index (χ1v) is 9.75. The Morgan fingerprint density at radius 3 is 2.41 bits per heavy atom. The number of H-pyrrole nitrogens is 1. The smallest absolute Gasteiger partial charge is 0.306 e. The van der Waals surface area contributed by atoms with E-state index in [0.717, 1.165) is 0 Å². The fourth-order valence-electron chi connectivity index (χ4n) is 3.91. The van der Waals surface area contributed by atoms with Crippen molar-refractivity contribution in [1.29, 1.82) is 0 Å². The fourth-order valence-corrected chi connectivity index (χ4v) is 3.91. The molecule has 1 atom stereocenters. The predicted octanol–water partition coefficient (Wildman–Crippen LogP) is 2.92. The van der Waals surface area contributed by atoms with Crippen LogP contribution in [0.3, 0.4) is 0 Å². The van der Waals surface area contributed by atoms with Crippen LogP contribution in [0.2, 0.25) is 0 Å². The molecule has 0 bridgehead atoms. The normalized spacial score (nSPS) is 14.3. The third-order valence-corrected chi connectivity index (χ3v) is 5.54. The van der Waals surface area contributed by atoms with Gasteiger partial charge < -0.3 is 19.6 Å². The van der Waals surface area contributed by atoms with Gasteiger partial charge in [0.2, 0.25) is 11.6 Å². The number of carbonyl (C=O) groups excluding carboxylic acids is 3. The number of hydrogen-bond acceptors (Lipinski definition) is 7. The number of methoxy groups -OCH3 is 2. The van der Waals surface area contributed by atoms with Crippen LogP contribution in [0.4, 0.5) is 0 Å². The minimum atomic E-state index is -1.20. The van der Waals surface area contributed by atoms with E-state index in [1.165, 1.54) is 32.4 Å². The summed E-state index contributed by atoms with van der Waals surface area (Å²) in [4.78, 5) is 53.6. The average Bonchev–Trinajstić information content (AvgIpc) is 2.81. The quantitative estimate of drug-likeness (QED) is 0.468. The lowest BCUT2D eigenvalue weighted by atomic mass is 9.78. The lowest BCUT2D eigenvalue weighted by molar-refractivity contribution is -0.140. The van der Waals surface area contributed by atoms with E-state index < -0.39 is 41.2 Å². The Balaban J connectivity index is 1.98. The number of pyridine rings is 1. The van der Waals surface area contributed by atoms with Gasteiger partial charge >= 0.3 is 5.97 Å². The van der Waals surface area contributed by atoms with E-state index in [9.17, 15) is 24.3 Å². The van der Waals surface area contributed by atoms with E-state index in [0.29, 0.717) is 16.7 Å². The van der Waals surface area contributed by atoms with Crippen molar-refractivity contribution in [3.63, 3.8) is 0 Å². The van der Waals surface area contributed by atoms with Gasteiger partial charge in [-0.1, -0.05) is 24.3 Å². The summed E-state index contributed by atoms with van der Waals surface area (Å²) in [5.41, 5.74) is -0.0828. The highest BCUT2D eigenvalue weighted by atomic mass is 16.5.